The molecule has 2 amide bonds. The van der Waals surface area contributed by atoms with Crippen LogP contribution in [-0.2, 0) is 13.6 Å². The second kappa shape index (κ2) is 5.68. The number of carbonyl (C=O) groups excluding carboxylic acids is 1. The van der Waals surface area contributed by atoms with Crippen molar-refractivity contribution in [1.29, 1.82) is 0 Å². The first-order valence-corrected chi connectivity index (χ1v) is 6.37. The molecule has 0 spiro atoms. The van der Waals surface area contributed by atoms with Gasteiger partial charge in [0.25, 0.3) is 0 Å². The van der Waals surface area contributed by atoms with Crippen molar-refractivity contribution in [2.75, 3.05) is 14.2 Å². The van der Waals surface area contributed by atoms with Crippen LogP contribution in [0.5, 0.6) is 5.75 Å². The maximum absolute atomic E-state index is 11.3. The van der Waals surface area contributed by atoms with Crippen molar-refractivity contribution in [3.05, 3.63) is 23.8 Å². The minimum Gasteiger partial charge on any atom is -0.497 e. The van der Waals surface area contributed by atoms with Gasteiger partial charge in [-0.05, 0) is 19.1 Å². The lowest BCUT2D eigenvalue weighted by Crippen LogP contribution is -2.34. The molecular formula is C13H19N5O2. The van der Waals surface area contributed by atoms with E-state index < -0.39 is 0 Å². The maximum Gasteiger partial charge on any atom is 0.335 e. The Kier molecular flexibility index (Phi) is 3.97. The van der Waals surface area contributed by atoms with E-state index in [1.165, 1.54) is 0 Å². The molecule has 0 aliphatic carbocycles. The summed E-state index contributed by atoms with van der Waals surface area (Å²) in [7, 11) is 5.09. The van der Waals surface area contributed by atoms with Gasteiger partial charge in [0.1, 0.15) is 5.75 Å². The number of nitrogens with zero attached hydrogens (tertiary/aromatic N) is 3. The first-order chi connectivity index (χ1) is 9.62. The van der Waals surface area contributed by atoms with Gasteiger partial charge >= 0.3 is 6.03 Å². The third-order valence-electron chi connectivity index (χ3n) is 3.18. The van der Waals surface area contributed by atoms with Gasteiger partial charge in [-0.1, -0.05) is 0 Å². The lowest BCUT2D eigenvalue weighted by molar-refractivity contribution is 0.242. The molecule has 0 aliphatic heterocycles. The molecule has 0 saturated carbocycles. The highest BCUT2D eigenvalue weighted by Crippen LogP contribution is 2.19. The van der Waals surface area contributed by atoms with Crippen LogP contribution in [0.25, 0.3) is 11.0 Å². The number of carbonyl (C=O) groups is 1. The van der Waals surface area contributed by atoms with E-state index in [9.17, 15) is 4.79 Å². The average Bonchev–Trinajstić information content (AvgIpc) is 2.75. The van der Waals surface area contributed by atoms with E-state index in [-0.39, 0.29) is 6.03 Å². The predicted octanol–water partition coefficient (Wildman–Crippen LogP) is 0.753. The van der Waals surface area contributed by atoms with Crippen LogP contribution >= 0.6 is 0 Å². The van der Waals surface area contributed by atoms with Gasteiger partial charge in [-0.2, -0.15) is 0 Å². The predicted molar refractivity (Wildman–Crippen MR) is 76.3 cm³/mol. The van der Waals surface area contributed by atoms with E-state index in [1.807, 2.05) is 41.3 Å². The van der Waals surface area contributed by atoms with E-state index in [0.29, 0.717) is 5.62 Å². The first-order valence-electron chi connectivity index (χ1n) is 6.37. The van der Waals surface area contributed by atoms with Crippen LogP contribution < -0.4 is 21.1 Å². The molecule has 1 heterocycles. The molecule has 0 radical (unpaired) electrons. The molecule has 7 heteroatoms. The normalized spacial score (nSPS) is 11.7. The fourth-order valence-corrected chi connectivity index (χ4v) is 2.13. The molecule has 2 rings (SSSR count). The van der Waals surface area contributed by atoms with Crippen LogP contribution in [0.3, 0.4) is 0 Å². The van der Waals surface area contributed by atoms with Gasteiger partial charge in [-0.25, -0.2) is 10.2 Å². The minimum absolute atomic E-state index is 0.351. The van der Waals surface area contributed by atoms with Crippen LogP contribution in [0.4, 0.5) is 4.79 Å². The number of hydrogen-bond acceptors (Lipinski definition) is 3. The molecule has 2 N–H and O–H groups in total. The average molecular weight is 277 g/mol. The molecule has 2 aromatic rings. The zero-order chi connectivity index (χ0) is 14.7. The topological polar surface area (TPSA) is 72.6 Å². The van der Waals surface area contributed by atoms with E-state index >= 15 is 0 Å². The number of methoxy groups -OCH3 is 1. The van der Waals surface area contributed by atoms with Gasteiger partial charge in [0, 0.05) is 26.7 Å². The van der Waals surface area contributed by atoms with Crippen LogP contribution in [-0.4, -0.2) is 29.3 Å². The summed E-state index contributed by atoms with van der Waals surface area (Å²) in [6.07, 6.45) is 0. The Morgan fingerprint density at radius 3 is 2.75 bits per heavy atom. The Bertz CT molecular complexity index is 699. The number of aromatic nitrogens is 2. The summed E-state index contributed by atoms with van der Waals surface area (Å²) in [6.45, 7) is 2.76. The SMILES string of the molecule is CCn1/c(=N/NC(=O)NC)n(C)c2ccc(OC)cc21. The monoisotopic (exact) mass is 277 g/mol. The van der Waals surface area contributed by atoms with Gasteiger partial charge in [0.2, 0.25) is 5.62 Å². The second-order valence-electron chi connectivity index (χ2n) is 4.26. The molecule has 7 nitrogen and oxygen atoms in total. The van der Waals surface area contributed by atoms with Crippen molar-refractivity contribution in [2.24, 2.45) is 12.1 Å². The molecule has 0 aliphatic rings. The lowest BCUT2D eigenvalue weighted by Gasteiger charge is -2.02. The van der Waals surface area contributed by atoms with E-state index in [2.05, 4.69) is 15.8 Å². The Hall–Kier alpha value is -2.44. The summed E-state index contributed by atoms with van der Waals surface area (Å²) < 4.78 is 9.19. The van der Waals surface area contributed by atoms with Crippen molar-refractivity contribution in [2.45, 2.75) is 13.5 Å². The van der Waals surface area contributed by atoms with Crippen LogP contribution in [0.2, 0.25) is 0 Å². The zero-order valence-corrected chi connectivity index (χ0v) is 12.1. The van der Waals surface area contributed by atoms with Gasteiger partial charge in [0.15, 0.2) is 0 Å². The summed E-state index contributed by atoms with van der Waals surface area (Å²) in [6, 6.07) is 5.48. The van der Waals surface area contributed by atoms with Crippen molar-refractivity contribution >= 4 is 17.1 Å². The van der Waals surface area contributed by atoms with Gasteiger partial charge in [0.05, 0.1) is 18.1 Å². The number of nitrogens with one attached hydrogen (secondary N) is 2. The second-order valence-corrected chi connectivity index (χ2v) is 4.26. The number of amides is 2. The van der Waals surface area contributed by atoms with Gasteiger partial charge < -0.3 is 19.2 Å². The summed E-state index contributed by atoms with van der Waals surface area (Å²) in [5.74, 6) is 0.788. The molecule has 1 aromatic heterocycles. The maximum atomic E-state index is 11.3. The summed E-state index contributed by atoms with van der Waals surface area (Å²) in [5, 5.41) is 6.62. The molecule has 0 fully saturated rings. The van der Waals surface area contributed by atoms with Crippen molar-refractivity contribution in [1.82, 2.24) is 19.9 Å². The first kappa shape index (κ1) is 14.0. The standard InChI is InChI=1S/C13H19N5O2/c1-5-18-11-8-9(20-4)6-7-10(11)17(3)13(18)16-15-12(19)14-2/h6-8H,5H2,1-4H3,(H2,14,15,19)/b16-13+. The van der Waals surface area contributed by atoms with Crippen molar-refractivity contribution in [3.63, 3.8) is 0 Å². The number of ether oxygens (including phenoxy) is 1. The van der Waals surface area contributed by atoms with E-state index in [0.717, 1.165) is 23.3 Å². The van der Waals surface area contributed by atoms with Crippen LogP contribution in [0.1, 0.15) is 6.92 Å². The summed E-state index contributed by atoms with van der Waals surface area (Å²) in [4.78, 5) is 11.3. The molecule has 0 atom stereocenters. The molecular weight excluding hydrogens is 258 g/mol. The number of urea groups is 1. The molecule has 20 heavy (non-hydrogen) atoms. The van der Waals surface area contributed by atoms with Crippen molar-refractivity contribution in [3.8, 4) is 5.75 Å². The fraction of sp³-hybridized carbons (Fsp3) is 0.385. The Balaban J connectivity index is 2.65. The molecule has 108 valence electrons. The number of benzene rings is 1. The Morgan fingerprint density at radius 1 is 1.40 bits per heavy atom. The number of fused-ring (bicyclic) bond motifs is 1. The minimum atomic E-state index is -0.351. The van der Waals surface area contributed by atoms with Gasteiger partial charge in [-0.3, -0.25) is 0 Å². The number of hydrogen-bond donors (Lipinski definition) is 2. The Labute approximate surface area is 116 Å². The Morgan fingerprint density at radius 2 is 2.15 bits per heavy atom. The lowest BCUT2D eigenvalue weighted by atomic mass is 10.3. The van der Waals surface area contributed by atoms with Crippen LogP contribution in [0, 0.1) is 0 Å². The quantitative estimate of drug-likeness (QED) is 0.813. The number of aryl methyl sites for hydroxylation is 2. The smallest absolute Gasteiger partial charge is 0.335 e. The highest BCUT2D eigenvalue weighted by atomic mass is 16.5. The molecule has 0 saturated heterocycles. The van der Waals surface area contributed by atoms with Gasteiger partial charge in [-0.15, -0.1) is 5.10 Å². The summed E-state index contributed by atoms with van der Waals surface area (Å²) >= 11 is 0. The zero-order valence-electron chi connectivity index (χ0n) is 12.1. The highest BCUT2D eigenvalue weighted by molar-refractivity contribution is 5.78. The molecule has 1 aromatic carbocycles. The van der Waals surface area contributed by atoms with E-state index in [1.54, 1.807) is 14.2 Å². The number of imidazole rings is 1. The third kappa shape index (κ3) is 2.34. The van der Waals surface area contributed by atoms with Crippen LogP contribution in [0.15, 0.2) is 23.3 Å². The van der Waals surface area contributed by atoms with Crippen molar-refractivity contribution < 1.29 is 9.53 Å². The molecule has 0 bridgehead atoms. The summed E-state index contributed by atoms with van der Waals surface area (Å²) in [5.41, 5.74) is 5.15. The third-order valence-corrected chi connectivity index (χ3v) is 3.18. The van der Waals surface area contributed by atoms with E-state index in [4.69, 9.17) is 4.74 Å². The largest absolute Gasteiger partial charge is 0.497 e. The fourth-order valence-electron chi connectivity index (χ4n) is 2.13. The highest BCUT2D eigenvalue weighted by Gasteiger charge is 2.09. The number of rotatable bonds is 3. The molecule has 0 unspecified atom stereocenters.